The number of rotatable bonds is 15. The highest BCUT2D eigenvalue weighted by molar-refractivity contribution is 7.98. The minimum Gasteiger partial charge on any atom is -0.508 e. The fourth-order valence-corrected chi connectivity index (χ4v) is 3.43. The van der Waals surface area contributed by atoms with Crippen LogP contribution in [0.25, 0.3) is 0 Å². The molecule has 4 atom stereocenters. The van der Waals surface area contributed by atoms with E-state index in [1.807, 2.05) is 6.26 Å². The predicted octanol–water partition coefficient (Wildman–Crippen LogP) is -1.16. The number of amides is 4. The van der Waals surface area contributed by atoms with Crippen LogP contribution in [0.3, 0.4) is 0 Å². The largest absolute Gasteiger partial charge is 0.508 e. The number of hydrogen-bond donors (Lipinski definition) is 7. The zero-order valence-corrected chi connectivity index (χ0v) is 20.5. The van der Waals surface area contributed by atoms with E-state index in [0.29, 0.717) is 11.3 Å². The lowest BCUT2D eigenvalue weighted by Crippen LogP contribution is -2.56. The van der Waals surface area contributed by atoms with Gasteiger partial charge in [-0.1, -0.05) is 12.1 Å². The van der Waals surface area contributed by atoms with Crippen LogP contribution in [0.2, 0.25) is 0 Å². The van der Waals surface area contributed by atoms with Crippen LogP contribution in [-0.2, 0) is 30.4 Å². The molecule has 0 fully saturated rings. The molecule has 0 radical (unpaired) electrons. The number of carboxylic acids is 1. The van der Waals surface area contributed by atoms with Crippen LogP contribution >= 0.6 is 11.8 Å². The number of carboxylic acid groups (broad SMARTS) is 1. The Bertz CT molecular complexity index is 897. The van der Waals surface area contributed by atoms with E-state index in [1.54, 1.807) is 12.1 Å². The minimum atomic E-state index is -1.26. The average molecular weight is 512 g/mol. The Morgan fingerprint density at radius 3 is 2.09 bits per heavy atom. The van der Waals surface area contributed by atoms with Gasteiger partial charge in [0.1, 0.15) is 23.9 Å². The lowest BCUT2D eigenvalue weighted by Gasteiger charge is -2.23. The summed E-state index contributed by atoms with van der Waals surface area (Å²) >= 11 is 1.44. The van der Waals surface area contributed by atoms with E-state index in [1.165, 1.54) is 30.8 Å². The van der Waals surface area contributed by atoms with Crippen molar-refractivity contribution in [1.29, 1.82) is 0 Å². The van der Waals surface area contributed by atoms with E-state index < -0.39 is 53.8 Å². The fourth-order valence-electron chi connectivity index (χ4n) is 2.96. The van der Waals surface area contributed by atoms with E-state index in [4.69, 9.17) is 11.5 Å². The first kappa shape index (κ1) is 29.7. The molecule has 35 heavy (non-hydrogen) atoms. The third-order valence-corrected chi connectivity index (χ3v) is 5.67. The monoisotopic (exact) mass is 511 g/mol. The van der Waals surface area contributed by atoms with Gasteiger partial charge in [-0.2, -0.15) is 11.8 Å². The molecule has 1 aromatic rings. The van der Waals surface area contributed by atoms with Crippen molar-refractivity contribution >= 4 is 41.4 Å². The average Bonchev–Trinajstić information content (AvgIpc) is 2.80. The molecule has 194 valence electrons. The molecule has 0 aromatic heterocycles. The Morgan fingerprint density at radius 2 is 1.54 bits per heavy atom. The van der Waals surface area contributed by atoms with Crippen LogP contribution in [0.1, 0.15) is 31.7 Å². The normalized spacial score (nSPS) is 14.1. The summed E-state index contributed by atoms with van der Waals surface area (Å²) in [6.45, 7) is 1.41. The quantitative estimate of drug-likeness (QED) is 0.151. The van der Waals surface area contributed by atoms with Gasteiger partial charge >= 0.3 is 5.97 Å². The lowest BCUT2D eigenvalue weighted by molar-refractivity contribution is -0.142. The van der Waals surface area contributed by atoms with Gasteiger partial charge in [0, 0.05) is 12.8 Å². The molecule has 13 heteroatoms. The molecule has 4 amide bonds. The fraction of sp³-hybridized carbons (Fsp3) is 0.500. The molecule has 0 saturated carbocycles. The summed E-state index contributed by atoms with van der Waals surface area (Å²) < 4.78 is 0. The molecular formula is C22H33N5O7S. The highest BCUT2D eigenvalue weighted by Crippen LogP contribution is 2.12. The van der Waals surface area contributed by atoms with Crippen LogP contribution in [-0.4, -0.2) is 76.0 Å². The second kappa shape index (κ2) is 14.8. The van der Waals surface area contributed by atoms with Gasteiger partial charge in [-0.3, -0.25) is 19.2 Å². The number of nitrogens with two attached hydrogens (primary N) is 2. The highest BCUT2D eigenvalue weighted by Gasteiger charge is 2.28. The van der Waals surface area contributed by atoms with Crippen molar-refractivity contribution in [3.05, 3.63) is 29.8 Å². The molecule has 0 aliphatic carbocycles. The number of hydrogen-bond acceptors (Lipinski definition) is 8. The third-order valence-electron chi connectivity index (χ3n) is 5.02. The van der Waals surface area contributed by atoms with Crippen molar-refractivity contribution in [2.24, 2.45) is 11.5 Å². The maximum atomic E-state index is 12.9. The highest BCUT2D eigenvalue weighted by atomic mass is 32.2. The Hall–Kier alpha value is -3.32. The first-order valence-corrected chi connectivity index (χ1v) is 12.3. The van der Waals surface area contributed by atoms with Crippen LogP contribution in [0.15, 0.2) is 24.3 Å². The predicted molar refractivity (Wildman–Crippen MR) is 130 cm³/mol. The van der Waals surface area contributed by atoms with Crippen molar-refractivity contribution < 1.29 is 34.2 Å². The van der Waals surface area contributed by atoms with Gasteiger partial charge in [-0.05, 0) is 49.5 Å². The second-order valence-electron chi connectivity index (χ2n) is 7.95. The minimum absolute atomic E-state index is 0.0197. The molecule has 0 spiro atoms. The van der Waals surface area contributed by atoms with Gasteiger partial charge in [0.15, 0.2) is 0 Å². The van der Waals surface area contributed by atoms with Crippen LogP contribution in [0.4, 0.5) is 0 Å². The maximum Gasteiger partial charge on any atom is 0.326 e. The summed E-state index contributed by atoms with van der Waals surface area (Å²) in [5.74, 6) is -3.33. The van der Waals surface area contributed by atoms with Gasteiger partial charge in [0.25, 0.3) is 0 Å². The molecular weight excluding hydrogens is 478 g/mol. The summed E-state index contributed by atoms with van der Waals surface area (Å²) in [6.07, 6.45) is 1.95. The zero-order valence-electron chi connectivity index (χ0n) is 19.7. The number of phenols is 1. The number of primary amides is 1. The number of aromatic hydroxyl groups is 1. The van der Waals surface area contributed by atoms with Crippen LogP contribution in [0.5, 0.6) is 5.75 Å². The van der Waals surface area contributed by atoms with Gasteiger partial charge < -0.3 is 37.6 Å². The molecule has 0 heterocycles. The van der Waals surface area contributed by atoms with Crippen molar-refractivity contribution in [1.82, 2.24) is 16.0 Å². The van der Waals surface area contributed by atoms with Gasteiger partial charge in [0.2, 0.25) is 23.6 Å². The Balaban J connectivity index is 2.80. The standard InChI is InChI=1S/C22H33N5O7S/c1-12(25-20(31)15(23)7-8-18(24)29)19(30)26-16(9-10-35-2)21(32)27-17(22(33)34)11-13-3-5-14(28)6-4-13/h3-6,12,15-17,28H,7-11,23H2,1-2H3,(H2,24,29)(H,25,31)(H,26,30)(H,27,32)(H,33,34). The number of aliphatic carboxylic acids is 1. The third kappa shape index (κ3) is 11.1. The molecule has 1 rings (SSSR count). The number of nitrogens with one attached hydrogen (secondary N) is 3. The lowest BCUT2D eigenvalue weighted by atomic mass is 10.0. The number of thioether (sulfide) groups is 1. The number of carbonyl (C=O) groups is 5. The Labute approximate surface area is 207 Å². The Kier molecular flexibility index (Phi) is 12.6. The van der Waals surface area contributed by atoms with E-state index in [2.05, 4.69) is 16.0 Å². The summed E-state index contributed by atoms with van der Waals surface area (Å²) in [4.78, 5) is 60.2. The van der Waals surface area contributed by atoms with Crippen molar-refractivity contribution in [3.8, 4) is 5.75 Å². The molecule has 4 unspecified atom stereocenters. The van der Waals surface area contributed by atoms with E-state index >= 15 is 0 Å². The summed E-state index contributed by atoms with van der Waals surface area (Å²) in [5.41, 5.74) is 11.3. The van der Waals surface area contributed by atoms with Crippen molar-refractivity contribution in [2.45, 2.75) is 56.8 Å². The Morgan fingerprint density at radius 1 is 0.943 bits per heavy atom. The van der Waals surface area contributed by atoms with Crippen LogP contribution < -0.4 is 27.4 Å². The van der Waals surface area contributed by atoms with E-state index in [9.17, 15) is 34.2 Å². The summed E-state index contributed by atoms with van der Waals surface area (Å²) in [7, 11) is 0. The molecule has 9 N–H and O–H groups in total. The SMILES string of the molecule is CSCCC(NC(=O)C(C)NC(=O)C(N)CCC(N)=O)C(=O)NC(Cc1ccc(O)cc1)C(=O)O. The number of carbonyl (C=O) groups excluding carboxylic acids is 4. The van der Waals surface area contributed by atoms with Crippen molar-refractivity contribution in [3.63, 3.8) is 0 Å². The number of benzene rings is 1. The first-order valence-electron chi connectivity index (χ1n) is 10.9. The van der Waals surface area contributed by atoms with E-state index in [-0.39, 0.29) is 31.4 Å². The molecule has 12 nitrogen and oxygen atoms in total. The van der Waals surface area contributed by atoms with Gasteiger partial charge in [0.05, 0.1) is 6.04 Å². The second-order valence-corrected chi connectivity index (χ2v) is 8.94. The molecule has 0 saturated heterocycles. The zero-order chi connectivity index (χ0) is 26.5. The van der Waals surface area contributed by atoms with Crippen LogP contribution in [0, 0.1) is 0 Å². The van der Waals surface area contributed by atoms with E-state index in [0.717, 1.165) is 0 Å². The molecule has 0 aliphatic rings. The summed E-state index contributed by atoms with van der Waals surface area (Å²) in [6, 6.07) is 1.52. The first-order chi connectivity index (χ1) is 16.4. The van der Waals surface area contributed by atoms with Crippen molar-refractivity contribution in [2.75, 3.05) is 12.0 Å². The maximum absolute atomic E-state index is 12.9. The number of phenolic OH excluding ortho intramolecular Hbond substituents is 1. The molecule has 0 bridgehead atoms. The summed E-state index contributed by atoms with van der Waals surface area (Å²) in [5, 5.41) is 26.3. The van der Waals surface area contributed by atoms with Gasteiger partial charge in [-0.15, -0.1) is 0 Å². The smallest absolute Gasteiger partial charge is 0.326 e. The molecule has 1 aromatic carbocycles. The van der Waals surface area contributed by atoms with Gasteiger partial charge in [-0.25, -0.2) is 4.79 Å². The molecule has 0 aliphatic heterocycles. The topological polar surface area (TPSA) is 214 Å².